The Morgan fingerprint density at radius 3 is 2.13 bits per heavy atom. The van der Waals surface area contributed by atoms with Crippen LogP contribution in [0.15, 0.2) is 48.5 Å². The second-order valence-electron chi connectivity index (χ2n) is 8.32. The van der Waals surface area contributed by atoms with Gasteiger partial charge in [0.1, 0.15) is 6.61 Å². The average molecular weight is 424 g/mol. The molecule has 1 aliphatic rings. The Kier molecular flexibility index (Phi) is 8.51. The number of benzene rings is 2. The minimum atomic E-state index is -0.907. The summed E-state index contributed by atoms with van der Waals surface area (Å²) < 4.78 is 5.57. The number of amides is 1. The van der Waals surface area contributed by atoms with Gasteiger partial charge in [-0.05, 0) is 28.7 Å². The lowest BCUT2D eigenvalue weighted by atomic mass is 9.98. The van der Waals surface area contributed by atoms with Crippen molar-refractivity contribution in [3.8, 4) is 11.1 Å². The normalized spacial score (nSPS) is 13.3. The van der Waals surface area contributed by atoms with Crippen LogP contribution in [0.2, 0.25) is 0 Å². The molecule has 0 fully saturated rings. The van der Waals surface area contributed by atoms with Gasteiger partial charge in [0.15, 0.2) is 0 Å². The molecule has 5 nitrogen and oxygen atoms in total. The van der Waals surface area contributed by atoms with E-state index in [-0.39, 0.29) is 18.9 Å². The lowest BCUT2D eigenvalue weighted by molar-refractivity contribution is -0.137. The second kappa shape index (κ2) is 11.5. The molecule has 0 heterocycles. The van der Waals surface area contributed by atoms with Gasteiger partial charge in [-0.15, -0.1) is 0 Å². The van der Waals surface area contributed by atoms with E-state index >= 15 is 0 Å². The number of carbonyl (C=O) groups is 2. The zero-order chi connectivity index (χ0) is 22.1. The highest BCUT2D eigenvalue weighted by atomic mass is 16.5. The third kappa shape index (κ3) is 6.33. The van der Waals surface area contributed by atoms with Crippen LogP contribution in [0, 0.1) is 0 Å². The Bertz CT molecular complexity index is 834. The average Bonchev–Trinajstić information content (AvgIpc) is 3.08. The number of alkyl carbamates (subject to hydrolysis) is 1. The minimum Gasteiger partial charge on any atom is -0.481 e. The van der Waals surface area contributed by atoms with E-state index in [4.69, 9.17) is 4.74 Å². The lowest BCUT2D eigenvalue weighted by Gasteiger charge is -2.19. The highest BCUT2D eigenvalue weighted by molar-refractivity contribution is 5.79. The molecular formula is C26H33NO4. The summed E-state index contributed by atoms with van der Waals surface area (Å²) in [6.07, 6.45) is 6.79. The van der Waals surface area contributed by atoms with E-state index < -0.39 is 18.1 Å². The first-order valence-electron chi connectivity index (χ1n) is 11.4. The zero-order valence-corrected chi connectivity index (χ0v) is 18.3. The fourth-order valence-corrected chi connectivity index (χ4v) is 4.41. The fourth-order valence-electron chi connectivity index (χ4n) is 4.41. The van der Waals surface area contributed by atoms with Crippen LogP contribution in [-0.4, -0.2) is 29.8 Å². The first-order chi connectivity index (χ1) is 15.1. The Morgan fingerprint density at radius 2 is 1.52 bits per heavy atom. The van der Waals surface area contributed by atoms with E-state index in [0.717, 1.165) is 30.4 Å². The number of unbranched alkanes of at least 4 members (excludes halogenated alkanes) is 5. The van der Waals surface area contributed by atoms with Gasteiger partial charge in [0, 0.05) is 12.0 Å². The molecule has 3 rings (SSSR count). The number of carbonyl (C=O) groups excluding carboxylic acids is 1. The number of aliphatic carboxylic acids is 1. The van der Waals surface area contributed by atoms with Crippen molar-refractivity contribution in [2.24, 2.45) is 0 Å². The van der Waals surface area contributed by atoms with Gasteiger partial charge in [-0.1, -0.05) is 94.0 Å². The van der Waals surface area contributed by atoms with E-state index in [9.17, 15) is 14.7 Å². The Hall–Kier alpha value is -2.82. The Labute approximate surface area is 184 Å². The number of hydrogen-bond acceptors (Lipinski definition) is 3. The quantitative estimate of drug-likeness (QED) is 0.403. The lowest BCUT2D eigenvalue weighted by Crippen LogP contribution is -2.37. The number of fused-ring (bicyclic) bond motifs is 3. The smallest absolute Gasteiger partial charge is 0.407 e. The molecule has 2 N–H and O–H groups in total. The van der Waals surface area contributed by atoms with Crippen molar-refractivity contribution >= 4 is 12.1 Å². The highest BCUT2D eigenvalue weighted by Crippen LogP contribution is 2.44. The first kappa shape index (κ1) is 22.9. The number of carboxylic acid groups (broad SMARTS) is 1. The van der Waals surface area contributed by atoms with E-state index in [1.165, 1.54) is 30.4 Å². The van der Waals surface area contributed by atoms with E-state index in [2.05, 4.69) is 36.5 Å². The van der Waals surface area contributed by atoms with Crippen molar-refractivity contribution in [2.45, 2.75) is 70.3 Å². The van der Waals surface area contributed by atoms with Crippen LogP contribution >= 0.6 is 0 Å². The van der Waals surface area contributed by atoms with Gasteiger partial charge in [-0.25, -0.2) is 4.79 Å². The molecular weight excluding hydrogens is 390 g/mol. The van der Waals surface area contributed by atoms with Gasteiger partial charge in [-0.2, -0.15) is 0 Å². The molecule has 0 saturated heterocycles. The minimum absolute atomic E-state index is 0.00496. The van der Waals surface area contributed by atoms with Crippen LogP contribution in [0.5, 0.6) is 0 Å². The molecule has 0 aliphatic heterocycles. The monoisotopic (exact) mass is 423 g/mol. The standard InChI is InChI=1S/C26H33NO4/c1-2-3-4-5-6-7-12-19(17-25(28)29)27-26(30)31-18-24-22-15-10-8-13-20(22)21-14-9-11-16-23(21)24/h8-11,13-16,19,24H,2-7,12,17-18H2,1H3,(H,27,30)(H,28,29)/t19-/m0/s1. The van der Waals surface area contributed by atoms with Crippen LogP contribution in [-0.2, 0) is 9.53 Å². The molecule has 1 atom stereocenters. The molecule has 5 heteroatoms. The number of rotatable bonds is 12. The second-order valence-corrected chi connectivity index (χ2v) is 8.32. The third-order valence-corrected chi connectivity index (χ3v) is 5.99. The van der Waals surface area contributed by atoms with Crippen molar-refractivity contribution in [3.05, 3.63) is 59.7 Å². The number of ether oxygens (including phenoxy) is 1. The van der Waals surface area contributed by atoms with Crippen molar-refractivity contribution in [2.75, 3.05) is 6.61 Å². The summed E-state index contributed by atoms with van der Waals surface area (Å²) >= 11 is 0. The number of hydrogen-bond donors (Lipinski definition) is 2. The molecule has 31 heavy (non-hydrogen) atoms. The van der Waals surface area contributed by atoms with E-state index in [0.29, 0.717) is 6.42 Å². The predicted octanol–water partition coefficient (Wildman–Crippen LogP) is 6.12. The summed E-state index contributed by atoms with van der Waals surface area (Å²) in [5.41, 5.74) is 4.68. The molecule has 2 aromatic carbocycles. The van der Waals surface area contributed by atoms with E-state index in [1.54, 1.807) is 0 Å². The largest absolute Gasteiger partial charge is 0.481 e. The summed E-state index contributed by atoms with van der Waals surface area (Å²) in [6, 6.07) is 16.0. The van der Waals surface area contributed by atoms with Crippen LogP contribution < -0.4 is 5.32 Å². The van der Waals surface area contributed by atoms with Gasteiger partial charge in [0.05, 0.1) is 6.42 Å². The molecule has 0 aromatic heterocycles. The Morgan fingerprint density at radius 1 is 0.935 bits per heavy atom. The molecule has 2 aromatic rings. The van der Waals surface area contributed by atoms with Crippen molar-refractivity contribution < 1.29 is 19.4 Å². The molecule has 1 amide bonds. The predicted molar refractivity (Wildman–Crippen MR) is 122 cm³/mol. The van der Waals surface area contributed by atoms with Crippen molar-refractivity contribution in [1.82, 2.24) is 5.32 Å². The van der Waals surface area contributed by atoms with Gasteiger partial charge in [-0.3, -0.25) is 4.79 Å². The maximum Gasteiger partial charge on any atom is 0.407 e. The van der Waals surface area contributed by atoms with E-state index in [1.807, 2.05) is 24.3 Å². The molecule has 0 saturated carbocycles. The van der Waals surface area contributed by atoms with Crippen LogP contribution in [0.4, 0.5) is 4.79 Å². The highest BCUT2D eigenvalue weighted by Gasteiger charge is 2.29. The van der Waals surface area contributed by atoms with Crippen LogP contribution in [0.3, 0.4) is 0 Å². The van der Waals surface area contributed by atoms with Crippen LogP contribution in [0.25, 0.3) is 11.1 Å². The molecule has 1 aliphatic carbocycles. The third-order valence-electron chi connectivity index (χ3n) is 5.99. The number of nitrogens with one attached hydrogen (secondary N) is 1. The SMILES string of the molecule is CCCCCCCC[C@@H](CC(=O)O)NC(=O)OCC1c2ccccc2-c2ccccc21. The summed E-state index contributed by atoms with van der Waals surface area (Å²) in [4.78, 5) is 23.7. The molecule has 0 spiro atoms. The fraction of sp³-hybridized carbons (Fsp3) is 0.462. The maximum absolute atomic E-state index is 12.5. The van der Waals surface area contributed by atoms with Gasteiger partial charge < -0.3 is 15.2 Å². The number of carboxylic acids is 1. The first-order valence-corrected chi connectivity index (χ1v) is 11.4. The molecule has 0 radical (unpaired) electrons. The van der Waals surface area contributed by atoms with Gasteiger partial charge >= 0.3 is 12.1 Å². The molecule has 166 valence electrons. The topological polar surface area (TPSA) is 75.6 Å². The van der Waals surface area contributed by atoms with Crippen LogP contribution in [0.1, 0.15) is 75.3 Å². The molecule has 0 unspecified atom stereocenters. The van der Waals surface area contributed by atoms with Crippen molar-refractivity contribution in [1.29, 1.82) is 0 Å². The summed E-state index contributed by atoms with van der Waals surface area (Å²) in [6.45, 7) is 2.41. The zero-order valence-electron chi connectivity index (χ0n) is 18.3. The maximum atomic E-state index is 12.5. The summed E-state index contributed by atoms with van der Waals surface area (Å²) in [5, 5.41) is 12.0. The van der Waals surface area contributed by atoms with Crippen molar-refractivity contribution in [3.63, 3.8) is 0 Å². The van der Waals surface area contributed by atoms with Gasteiger partial charge in [0.2, 0.25) is 0 Å². The Balaban J connectivity index is 1.53. The summed E-state index contributed by atoms with van der Waals surface area (Å²) in [5.74, 6) is -0.912. The molecule has 0 bridgehead atoms. The van der Waals surface area contributed by atoms with Gasteiger partial charge in [0.25, 0.3) is 0 Å². The summed E-state index contributed by atoms with van der Waals surface area (Å²) in [7, 11) is 0.